The van der Waals surface area contributed by atoms with E-state index in [1.165, 1.54) is 0 Å². The smallest absolute Gasteiger partial charge is 0.253 e. The van der Waals surface area contributed by atoms with E-state index in [1.54, 1.807) is 14.2 Å². The van der Waals surface area contributed by atoms with Crippen molar-refractivity contribution >= 4 is 5.91 Å². The van der Waals surface area contributed by atoms with Gasteiger partial charge in [-0.2, -0.15) is 0 Å². The van der Waals surface area contributed by atoms with E-state index in [4.69, 9.17) is 14.2 Å². The molecular formula is C22H28N2O4. The van der Waals surface area contributed by atoms with Gasteiger partial charge in [-0.3, -0.25) is 4.79 Å². The summed E-state index contributed by atoms with van der Waals surface area (Å²) in [4.78, 5) is 17.2. The number of carbonyl (C=O) groups excluding carboxylic acids is 1. The van der Waals surface area contributed by atoms with E-state index >= 15 is 0 Å². The molecular weight excluding hydrogens is 356 g/mol. The van der Waals surface area contributed by atoms with Crippen LogP contribution in [0.4, 0.5) is 0 Å². The maximum atomic E-state index is 12.9. The Balaban J connectivity index is 1.69. The number of benzene rings is 2. The summed E-state index contributed by atoms with van der Waals surface area (Å²) in [6.07, 6.45) is 0. The fraction of sp³-hybridized carbons (Fsp3) is 0.409. The number of rotatable bonds is 7. The molecule has 0 atom stereocenters. The van der Waals surface area contributed by atoms with Crippen LogP contribution in [0.3, 0.4) is 0 Å². The predicted octanol–water partition coefficient (Wildman–Crippen LogP) is 3.06. The number of likely N-dealkylation sites (N-methyl/N-ethyl adjacent to an activating group) is 1. The molecule has 1 aliphatic rings. The maximum Gasteiger partial charge on any atom is 0.253 e. The third-order valence-corrected chi connectivity index (χ3v) is 5.09. The number of ether oxygens (including phenoxy) is 3. The molecule has 0 unspecified atom stereocenters. The summed E-state index contributed by atoms with van der Waals surface area (Å²) in [5.41, 5.74) is 1.51. The number of hydrogen-bond donors (Lipinski definition) is 0. The Morgan fingerprint density at radius 3 is 2.21 bits per heavy atom. The Labute approximate surface area is 166 Å². The normalized spacial score (nSPS) is 14.6. The van der Waals surface area contributed by atoms with Crippen molar-refractivity contribution in [1.29, 1.82) is 0 Å². The van der Waals surface area contributed by atoms with Crippen LogP contribution in [0.15, 0.2) is 42.5 Å². The van der Waals surface area contributed by atoms with Gasteiger partial charge in [0.05, 0.1) is 14.2 Å². The predicted molar refractivity (Wildman–Crippen MR) is 108 cm³/mol. The molecule has 28 heavy (non-hydrogen) atoms. The lowest BCUT2D eigenvalue weighted by molar-refractivity contribution is 0.0643. The number of nitrogens with zero attached hydrogens (tertiary/aromatic N) is 2. The van der Waals surface area contributed by atoms with Gasteiger partial charge in [-0.1, -0.05) is 6.92 Å². The van der Waals surface area contributed by atoms with Gasteiger partial charge in [-0.15, -0.1) is 0 Å². The molecule has 0 radical (unpaired) electrons. The minimum atomic E-state index is 0.0594. The highest BCUT2D eigenvalue weighted by atomic mass is 16.5. The fourth-order valence-electron chi connectivity index (χ4n) is 3.31. The highest BCUT2D eigenvalue weighted by Gasteiger charge is 2.22. The topological polar surface area (TPSA) is 51.2 Å². The third kappa shape index (κ3) is 4.75. The quantitative estimate of drug-likeness (QED) is 0.734. The molecule has 0 N–H and O–H groups in total. The van der Waals surface area contributed by atoms with Crippen LogP contribution in [0.5, 0.6) is 17.2 Å². The molecule has 0 bridgehead atoms. The van der Waals surface area contributed by atoms with E-state index in [1.807, 2.05) is 47.4 Å². The minimum absolute atomic E-state index is 0.0594. The van der Waals surface area contributed by atoms with Crippen molar-refractivity contribution in [2.45, 2.75) is 13.5 Å². The molecule has 1 amide bonds. The van der Waals surface area contributed by atoms with Gasteiger partial charge in [-0.25, -0.2) is 0 Å². The molecule has 0 saturated carbocycles. The van der Waals surface area contributed by atoms with E-state index in [2.05, 4.69) is 11.8 Å². The zero-order chi connectivity index (χ0) is 19.9. The zero-order valence-corrected chi connectivity index (χ0v) is 16.8. The van der Waals surface area contributed by atoms with Crippen molar-refractivity contribution in [3.05, 3.63) is 53.6 Å². The summed E-state index contributed by atoms with van der Waals surface area (Å²) in [6.45, 7) is 6.86. The largest absolute Gasteiger partial charge is 0.497 e. The Morgan fingerprint density at radius 1 is 0.929 bits per heavy atom. The molecule has 0 aliphatic carbocycles. The molecule has 1 aliphatic heterocycles. The molecule has 3 rings (SSSR count). The van der Waals surface area contributed by atoms with E-state index in [0.29, 0.717) is 17.9 Å². The lowest BCUT2D eigenvalue weighted by Crippen LogP contribution is -2.48. The van der Waals surface area contributed by atoms with Crippen LogP contribution in [0.25, 0.3) is 0 Å². The number of piperazine rings is 1. The van der Waals surface area contributed by atoms with Crippen molar-refractivity contribution in [2.24, 2.45) is 0 Å². The van der Waals surface area contributed by atoms with Crippen molar-refractivity contribution < 1.29 is 19.0 Å². The SMILES string of the molecule is CCN1CCN(C(=O)c2ccc(OC)c(COc3ccc(OC)cc3)c2)CC1. The molecule has 1 heterocycles. The number of amides is 1. The molecule has 6 nitrogen and oxygen atoms in total. The first-order valence-corrected chi connectivity index (χ1v) is 9.60. The van der Waals surface area contributed by atoms with E-state index in [-0.39, 0.29) is 5.91 Å². The Bertz CT molecular complexity index is 784. The summed E-state index contributed by atoms with van der Waals surface area (Å²) in [5.74, 6) is 2.28. The number of carbonyl (C=O) groups is 1. The van der Waals surface area contributed by atoms with Gasteiger partial charge in [0.25, 0.3) is 5.91 Å². The van der Waals surface area contributed by atoms with E-state index in [0.717, 1.165) is 49.8 Å². The van der Waals surface area contributed by atoms with Crippen LogP contribution in [0.1, 0.15) is 22.8 Å². The first kappa shape index (κ1) is 20.0. The summed E-state index contributed by atoms with van der Waals surface area (Å²) >= 11 is 0. The highest BCUT2D eigenvalue weighted by Crippen LogP contribution is 2.24. The Kier molecular flexibility index (Phi) is 6.76. The lowest BCUT2D eigenvalue weighted by Gasteiger charge is -2.34. The van der Waals surface area contributed by atoms with Crippen LogP contribution in [0.2, 0.25) is 0 Å². The molecule has 0 aromatic heterocycles. The van der Waals surface area contributed by atoms with Crippen LogP contribution in [-0.2, 0) is 6.61 Å². The maximum absolute atomic E-state index is 12.9. The molecule has 6 heteroatoms. The van der Waals surface area contributed by atoms with Crippen molar-refractivity contribution in [3.8, 4) is 17.2 Å². The van der Waals surface area contributed by atoms with Crippen LogP contribution in [0, 0.1) is 0 Å². The minimum Gasteiger partial charge on any atom is -0.497 e. The lowest BCUT2D eigenvalue weighted by atomic mass is 10.1. The van der Waals surface area contributed by atoms with Crippen molar-refractivity contribution in [3.63, 3.8) is 0 Å². The summed E-state index contributed by atoms with van der Waals surface area (Å²) < 4.78 is 16.5. The Hall–Kier alpha value is -2.73. The number of methoxy groups -OCH3 is 2. The summed E-state index contributed by atoms with van der Waals surface area (Å²) in [7, 11) is 3.25. The Morgan fingerprint density at radius 2 is 1.61 bits per heavy atom. The van der Waals surface area contributed by atoms with Crippen LogP contribution >= 0.6 is 0 Å². The molecule has 2 aromatic rings. The van der Waals surface area contributed by atoms with Gasteiger partial charge in [0, 0.05) is 37.3 Å². The van der Waals surface area contributed by atoms with Gasteiger partial charge in [0.15, 0.2) is 0 Å². The number of hydrogen-bond acceptors (Lipinski definition) is 5. The molecule has 1 saturated heterocycles. The van der Waals surface area contributed by atoms with E-state index < -0.39 is 0 Å². The first-order valence-electron chi connectivity index (χ1n) is 9.60. The van der Waals surface area contributed by atoms with Crippen molar-refractivity contribution in [2.75, 3.05) is 46.9 Å². The summed E-state index contributed by atoms with van der Waals surface area (Å²) in [5, 5.41) is 0. The van der Waals surface area contributed by atoms with Gasteiger partial charge >= 0.3 is 0 Å². The van der Waals surface area contributed by atoms with Crippen LogP contribution < -0.4 is 14.2 Å². The second-order valence-corrected chi connectivity index (χ2v) is 6.72. The second kappa shape index (κ2) is 9.46. The molecule has 0 spiro atoms. The van der Waals surface area contributed by atoms with E-state index in [9.17, 15) is 4.79 Å². The molecule has 1 fully saturated rings. The van der Waals surface area contributed by atoms with Gasteiger partial charge in [0.2, 0.25) is 0 Å². The summed E-state index contributed by atoms with van der Waals surface area (Å²) in [6, 6.07) is 12.9. The first-order chi connectivity index (χ1) is 13.6. The average Bonchev–Trinajstić information content (AvgIpc) is 2.77. The van der Waals surface area contributed by atoms with Crippen molar-refractivity contribution in [1.82, 2.24) is 9.80 Å². The third-order valence-electron chi connectivity index (χ3n) is 5.09. The molecule has 150 valence electrons. The monoisotopic (exact) mass is 384 g/mol. The second-order valence-electron chi connectivity index (χ2n) is 6.72. The zero-order valence-electron chi connectivity index (χ0n) is 16.8. The fourth-order valence-corrected chi connectivity index (χ4v) is 3.31. The standard InChI is InChI=1S/C22H28N2O4/c1-4-23-11-13-24(14-12-23)22(25)17-5-10-21(27-3)18(15-17)16-28-20-8-6-19(26-2)7-9-20/h5-10,15H,4,11-14,16H2,1-3H3. The van der Waals surface area contributed by atoms with Gasteiger partial charge < -0.3 is 24.0 Å². The van der Waals surface area contributed by atoms with Crippen LogP contribution in [-0.4, -0.2) is 62.7 Å². The highest BCUT2D eigenvalue weighted by molar-refractivity contribution is 5.94. The average molecular weight is 384 g/mol. The van der Waals surface area contributed by atoms with Gasteiger partial charge in [-0.05, 0) is 49.0 Å². The molecule has 2 aromatic carbocycles. The van der Waals surface area contributed by atoms with Gasteiger partial charge in [0.1, 0.15) is 23.9 Å².